The number of hydrogen-bond acceptors (Lipinski definition) is 7. The molecule has 0 aromatic carbocycles. The average Bonchev–Trinajstić information content (AvgIpc) is 3.04. The van der Waals surface area contributed by atoms with E-state index in [0.29, 0.717) is 24.1 Å². The van der Waals surface area contributed by atoms with Crippen molar-refractivity contribution in [2.24, 2.45) is 0 Å². The Morgan fingerprint density at radius 3 is 2.62 bits per heavy atom. The van der Waals surface area contributed by atoms with Gasteiger partial charge in [-0.25, -0.2) is 0 Å². The van der Waals surface area contributed by atoms with Crippen LogP contribution in [0.4, 0.5) is 0 Å². The summed E-state index contributed by atoms with van der Waals surface area (Å²) in [5.41, 5.74) is 0. The lowest BCUT2D eigenvalue weighted by atomic mass is 10.0. The zero-order valence-electron chi connectivity index (χ0n) is 14.1. The molecule has 1 N–H and O–H groups in total. The van der Waals surface area contributed by atoms with E-state index in [1.54, 1.807) is 0 Å². The Hall–Kier alpha value is -0.800. The summed E-state index contributed by atoms with van der Waals surface area (Å²) in [6, 6.07) is 0.342. The summed E-state index contributed by atoms with van der Waals surface area (Å²) in [7, 11) is 0. The molecule has 0 bridgehead atoms. The number of hydrogen-bond donors (Lipinski definition) is 1. The summed E-state index contributed by atoms with van der Waals surface area (Å²) in [6.07, 6.45) is 4.33. The van der Waals surface area contributed by atoms with Gasteiger partial charge in [-0.3, -0.25) is 9.59 Å². The third-order valence-corrected chi connectivity index (χ3v) is 6.90. The Balaban J connectivity index is 1.73. The molecule has 2 heterocycles. The van der Waals surface area contributed by atoms with E-state index in [0.717, 1.165) is 34.5 Å². The van der Waals surface area contributed by atoms with Crippen LogP contribution in [0.3, 0.4) is 0 Å². The second-order valence-corrected chi connectivity index (χ2v) is 9.12. The topological polar surface area (TPSA) is 75.2 Å². The van der Waals surface area contributed by atoms with Gasteiger partial charge in [0, 0.05) is 19.1 Å². The second-order valence-electron chi connectivity index (χ2n) is 5.69. The Kier molecular flexibility index (Phi) is 8.34. The van der Waals surface area contributed by atoms with Gasteiger partial charge >= 0.3 is 0 Å². The van der Waals surface area contributed by atoms with Crippen LogP contribution in [0.5, 0.6) is 0 Å². The number of carbonyl (C=O) groups is 2. The van der Waals surface area contributed by atoms with Crippen molar-refractivity contribution in [1.82, 2.24) is 20.4 Å². The van der Waals surface area contributed by atoms with Crippen molar-refractivity contribution in [2.75, 3.05) is 24.6 Å². The van der Waals surface area contributed by atoms with E-state index >= 15 is 0 Å². The van der Waals surface area contributed by atoms with E-state index in [4.69, 9.17) is 0 Å². The summed E-state index contributed by atoms with van der Waals surface area (Å²) in [6.45, 7) is 5.71. The molecule has 9 heteroatoms. The molecule has 6 nitrogen and oxygen atoms in total. The fraction of sp³-hybridized carbons (Fsp3) is 0.733. The van der Waals surface area contributed by atoms with E-state index in [-0.39, 0.29) is 11.8 Å². The maximum Gasteiger partial charge on any atom is 0.233 e. The van der Waals surface area contributed by atoms with Crippen LogP contribution in [0.1, 0.15) is 39.5 Å². The predicted molar refractivity (Wildman–Crippen MR) is 99.7 cm³/mol. The number of nitrogens with one attached hydrogen (secondary N) is 1. The van der Waals surface area contributed by atoms with Crippen molar-refractivity contribution in [2.45, 2.75) is 54.3 Å². The van der Waals surface area contributed by atoms with Crippen LogP contribution in [0.15, 0.2) is 8.68 Å². The van der Waals surface area contributed by atoms with Crippen LogP contribution in [0, 0.1) is 0 Å². The number of likely N-dealkylation sites (tertiary alicyclic amines) is 1. The smallest absolute Gasteiger partial charge is 0.233 e. The number of thioether (sulfide) groups is 2. The maximum atomic E-state index is 12.3. The number of aromatic nitrogens is 2. The van der Waals surface area contributed by atoms with Crippen LogP contribution >= 0.6 is 34.9 Å². The third kappa shape index (κ3) is 6.25. The second kappa shape index (κ2) is 10.2. The molecular formula is C15H24N4O2S3. The number of nitrogens with zero attached hydrogens (tertiary/aromatic N) is 3. The van der Waals surface area contributed by atoms with Crippen LogP contribution in [0.2, 0.25) is 0 Å². The van der Waals surface area contributed by atoms with Gasteiger partial charge in [-0.05, 0) is 32.6 Å². The predicted octanol–water partition coefficient (Wildman–Crippen LogP) is 2.65. The molecule has 1 aromatic heterocycles. The minimum atomic E-state index is 0.0144. The molecule has 1 aliphatic heterocycles. The van der Waals surface area contributed by atoms with Crippen molar-refractivity contribution in [3.63, 3.8) is 0 Å². The number of carbonyl (C=O) groups excluding carboxylic acids is 2. The average molecular weight is 389 g/mol. The normalized spacial score (nSPS) is 17.8. The fourth-order valence-corrected chi connectivity index (χ4v) is 5.17. The maximum absolute atomic E-state index is 12.3. The molecule has 0 spiro atoms. The molecule has 1 saturated heterocycles. The molecule has 134 valence electrons. The first kappa shape index (κ1) is 19.5. The summed E-state index contributed by atoms with van der Waals surface area (Å²) >= 11 is 4.26. The Morgan fingerprint density at radius 2 is 1.96 bits per heavy atom. The van der Waals surface area contributed by atoms with Crippen molar-refractivity contribution >= 4 is 46.7 Å². The highest BCUT2D eigenvalue weighted by Gasteiger charge is 2.23. The molecule has 0 radical (unpaired) electrons. The van der Waals surface area contributed by atoms with Gasteiger partial charge in [-0.1, -0.05) is 41.8 Å². The van der Waals surface area contributed by atoms with Crippen molar-refractivity contribution in [1.29, 1.82) is 0 Å². The number of rotatable bonds is 8. The lowest BCUT2D eigenvalue weighted by molar-refractivity contribution is -0.131. The van der Waals surface area contributed by atoms with Crippen molar-refractivity contribution in [3.05, 3.63) is 0 Å². The zero-order valence-corrected chi connectivity index (χ0v) is 16.6. The Labute approximate surface area is 155 Å². The summed E-state index contributed by atoms with van der Waals surface area (Å²) in [4.78, 5) is 25.9. The van der Waals surface area contributed by atoms with Gasteiger partial charge in [0.2, 0.25) is 11.8 Å². The van der Waals surface area contributed by atoms with Crippen LogP contribution in [0.25, 0.3) is 0 Å². The minimum absolute atomic E-state index is 0.0144. The molecule has 0 saturated carbocycles. The van der Waals surface area contributed by atoms with E-state index in [9.17, 15) is 9.59 Å². The molecule has 1 fully saturated rings. The molecule has 0 unspecified atom stereocenters. The van der Waals surface area contributed by atoms with Crippen LogP contribution in [-0.4, -0.2) is 57.5 Å². The first-order chi connectivity index (χ1) is 11.6. The minimum Gasteiger partial charge on any atom is -0.355 e. The molecular weight excluding hydrogens is 364 g/mol. The summed E-state index contributed by atoms with van der Waals surface area (Å²) in [5.74, 6) is 0.945. The highest BCUT2D eigenvalue weighted by atomic mass is 32.2. The summed E-state index contributed by atoms with van der Waals surface area (Å²) < 4.78 is 1.55. The lowest BCUT2D eigenvalue weighted by Crippen LogP contribution is -2.42. The first-order valence-electron chi connectivity index (χ1n) is 8.25. The molecule has 1 aliphatic rings. The Morgan fingerprint density at radius 1 is 1.25 bits per heavy atom. The van der Waals surface area contributed by atoms with Gasteiger partial charge in [0.1, 0.15) is 0 Å². The summed E-state index contributed by atoms with van der Waals surface area (Å²) in [5, 5.41) is 11.0. The Bertz CT molecular complexity index is 553. The monoisotopic (exact) mass is 388 g/mol. The van der Waals surface area contributed by atoms with Gasteiger partial charge in [-0.15, -0.1) is 10.2 Å². The van der Waals surface area contributed by atoms with Crippen molar-refractivity contribution < 1.29 is 9.59 Å². The van der Waals surface area contributed by atoms with E-state index in [1.807, 2.05) is 11.8 Å². The third-order valence-electron chi connectivity index (χ3n) is 3.73. The van der Waals surface area contributed by atoms with Gasteiger partial charge in [-0.2, -0.15) is 0 Å². The van der Waals surface area contributed by atoms with E-state index in [2.05, 4.69) is 22.4 Å². The SMILES string of the molecule is CCCNC(=O)CSc1nnc(SCC(=O)N2CCCC[C@@H]2C)s1. The van der Waals surface area contributed by atoms with Crippen molar-refractivity contribution in [3.8, 4) is 0 Å². The standard InChI is InChI=1S/C15H24N4O2S3/c1-3-7-16-12(20)9-22-14-17-18-15(24-14)23-10-13(21)19-8-5-4-6-11(19)2/h11H,3-10H2,1-2H3,(H,16,20)/t11-/m0/s1. The van der Waals surface area contributed by atoms with Gasteiger partial charge in [0.05, 0.1) is 11.5 Å². The number of piperidine rings is 1. The molecule has 0 aliphatic carbocycles. The van der Waals surface area contributed by atoms with Gasteiger partial charge in [0.25, 0.3) is 0 Å². The van der Waals surface area contributed by atoms with Crippen LogP contribution in [-0.2, 0) is 9.59 Å². The highest BCUT2D eigenvalue weighted by Crippen LogP contribution is 2.29. The molecule has 1 aromatic rings. The van der Waals surface area contributed by atoms with E-state index in [1.165, 1.54) is 41.3 Å². The molecule has 2 rings (SSSR count). The fourth-order valence-electron chi connectivity index (χ4n) is 2.43. The highest BCUT2D eigenvalue weighted by molar-refractivity contribution is 8.03. The molecule has 2 amide bonds. The molecule has 1 atom stereocenters. The lowest BCUT2D eigenvalue weighted by Gasteiger charge is -2.33. The van der Waals surface area contributed by atoms with Gasteiger partial charge in [0.15, 0.2) is 8.68 Å². The number of amides is 2. The quantitative estimate of drug-likeness (QED) is 0.690. The molecule has 24 heavy (non-hydrogen) atoms. The first-order valence-corrected chi connectivity index (χ1v) is 11.0. The largest absolute Gasteiger partial charge is 0.355 e. The van der Waals surface area contributed by atoms with Gasteiger partial charge < -0.3 is 10.2 Å². The van der Waals surface area contributed by atoms with E-state index < -0.39 is 0 Å². The zero-order chi connectivity index (χ0) is 17.4. The van der Waals surface area contributed by atoms with Crippen LogP contribution < -0.4 is 5.32 Å².